The number of aromatic nitrogens is 3. The number of aryl methyl sites for hydroxylation is 1. The van der Waals surface area contributed by atoms with Crippen LogP contribution in [-0.4, -0.2) is 40.6 Å². The fourth-order valence-electron chi connectivity index (χ4n) is 3.80. The van der Waals surface area contributed by atoms with Crippen LogP contribution in [0.3, 0.4) is 0 Å². The van der Waals surface area contributed by atoms with E-state index < -0.39 is 0 Å². The van der Waals surface area contributed by atoms with Gasteiger partial charge in [0.05, 0.1) is 5.39 Å². The van der Waals surface area contributed by atoms with Gasteiger partial charge in [0.15, 0.2) is 0 Å². The number of H-pyrrole nitrogens is 1. The summed E-state index contributed by atoms with van der Waals surface area (Å²) in [6, 6.07) is 2.76. The van der Waals surface area contributed by atoms with Crippen molar-refractivity contribution >= 4 is 22.8 Å². The van der Waals surface area contributed by atoms with Crippen LogP contribution in [0.2, 0.25) is 0 Å². The third kappa shape index (κ3) is 2.32. The molecule has 1 N–H and O–H groups in total. The van der Waals surface area contributed by atoms with E-state index in [1.807, 2.05) is 0 Å². The van der Waals surface area contributed by atoms with Gasteiger partial charge in [-0.25, -0.2) is 0 Å². The van der Waals surface area contributed by atoms with Crippen LogP contribution in [-0.2, 0) is 0 Å². The number of nitrogens with one attached hydrogen (secondary N) is 1. The molecule has 2 aromatic rings. The zero-order chi connectivity index (χ0) is 15.1. The van der Waals surface area contributed by atoms with Crippen LogP contribution in [0.15, 0.2) is 6.07 Å². The van der Waals surface area contributed by atoms with Crippen LogP contribution < -0.4 is 9.80 Å². The Labute approximate surface area is 131 Å². The van der Waals surface area contributed by atoms with Crippen molar-refractivity contribution in [3.63, 3.8) is 0 Å². The summed E-state index contributed by atoms with van der Waals surface area (Å²) < 4.78 is 0. The van der Waals surface area contributed by atoms with Crippen LogP contribution >= 0.6 is 0 Å². The van der Waals surface area contributed by atoms with Crippen LogP contribution in [0.25, 0.3) is 11.0 Å². The number of anilines is 2. The van der Waals surface area contributed by atoms with Crippen molar-refractivity contribution in [1.82, 2.24) is 15.0 Å². The number of rotatable bonds is 2. The molecule has 4 rings (SSSR count). The minimum Gasteiger partial charge on any atom is -0.353 e. The molecule has 1 atom stereocenters. The van der Waals surface area contributed by atoms with E-state index in [-0.39, 0.29) is 0 Å². The molecule has 2 aromatic heterocycles. The average Bonchev–Trinajstić information content (AvgIpc) is 3.15. The summed E-state index contributed by atoms with van der Waals surface area (Å²) in [6.07, 6.45) is 6.35. The molecular weight excluding hydrogens is 274 g/mol. The van der Waals surface area contributed by atoms with Gasteiger partial charge in [-0.3, -0.25) is 0 Å². The van der Waals surface area contributed by atoms with E-state index in [4.69, 9.17) is 9.97 Å². The first kappa shape index (κ1) is 13.9. The van der Waals surface area contributed by atoms with E-state index in [9.17, 15) is 0 Å². The topological polar surface area (TPSA) is 48.1 Å². The fraction of sp³-hybridized carbons (Fsp3) is 0.647. The Morgan fingerprint density at radius 3 is 2.64 bits per heavy atom. The van der Waals surface area contributed by atoms with Crippen LogP contribution in [0.5, 0.6) is 0 Å². The van der Waals surface area contributed by atoms with Crippen molar-refractivity contribution < 1.29 is 0 Å². The lowest BCUT2D eigenvalue weighted by Gasteiger charge is -2.35. The summed E-state index contributed by atoms with van der Waals surface area (Å²) in [5.74, 6) is 2.03. The van der Waals surface area contributed by atoms with Gasteiger partial charge < -0.3 is 14.8 Å². The predicted molar refractivity (Wildman–Crippen MR) is 90.7 cm³/mol. The average molecular weight is 299 g/mol. The molecule has 0 radical (unpaired) electrons. The van der Waals surface area contributed by atoms with Crippen molar-refractivity contribution in [3.05, 3.63) is 11.8 Å². The maximum absolute atomic E-state index is 4.99. The summed E-state index contributed by atoms with van der Waals surface area (Å²) in [6.45, 7) is 7.69. The lowest BCUT2D eigenvalue weighted by Crippen LogP contribution is -2.38. The molecule has 4 heterocycles. The molecule has 5 nitrogen and oxygen atoms in total. The van der Waals surface area contributed by atoms with Gasteiger partial charge in [0.25, 0.3) is 0 Å². The van der Waals surface area contributed by atoms with Crippen molar-refractivity contribution in [1.29, 1.82) is 0 Å². The van der Waals surface area contributed by atoms with E-state index in [0.29, 0.717) is 6.04 Å². The van der Waals surface area contributed by atoms with Gasteiger partial charge in [0.2, 0.25) is 5.95 Å². The van der Waals surface area contributed by atoms with E-state index in [1.54, 1.807) is 0 Å². The Hall–Kier alpha value is -1.78. The second-order valence-corrected chi connectivity index (χ2v) is 6.79. The molecule has 22 heavy (non-hydrogen) atoms. The quantitative estimate of drug-likeness (QED) is 0.925. The molecule has 2 fully saturated rings. The number of nitrogens with zero attached hydrogens (tertiary/aromatic N) is 4. The number of hydrogen-bond acceptors (Lipinski definition) is 4. The van der Waals surface area contributed by atoms with Crippen molar-refractivity contribution in [2.75, 3.05) is 29.4 Å². The van der Waals surface area contributed by atoms with Gasteiger partial charge in [-0.2, -0.15) is 9.97 Å². The molecule has 0 spiro atoms. The minimum atomic E-state index is 0.563. The number of aromatic amines is 1. The van der Waals surface area contributed by atoms with Gasteiger partial charge >= 0.3 is 0 Å². The molecule has 2 aliphatic heterocycles. The van der Waals surface area contributed by atoms with E-state index >= 15 is 0 Å². The highest BCUT2D eigenvalue weighted by Crippen LogP contribution is 2.32. The highest BCUT2D eigenvalue weighted by atomic mass is 15.3. The first-order valence-electron chi connectivity index (χ1n) is 8.61. The van der Waals surface area contributed by atoms with E-state index in [2.05, 4.69) is 34.7 Å². The van der Waals surface area contributed by atoms with Crippen LogP contribution in [0.4, 0.5) is 11.8 Å². The molecule has 0 bridgehead atoms. The van der Waals surface area contributed by atoms with E-state index in [1.165, 1.54) is 37.5 Å². The number of piperidine rings is 1. The Bertz CT molecular complexity index is 671. The molecule has 5 heteroatoms. The predicted octanol–water partition coefficient (Wildman–Crippen LogP) is 3.25. The maximum Gasteiger partial charge on any atom is 0.229 e. The molecule has 2 aliphatic rings. The minimum absolute atomic E-state index is 0.563. The second-order valence-electron chi connectivity index (χ2n) is 6.79. The smallest absolute Gasteiger partial charge is 0.229 e. The Morgan fingerprint density at radius 2 is 1.86 bits per heavy atom. The summed E-state index contributed by atoms with van der Waals surface area (Å²) in [5, 5.41) is 1.18. The van der Waals surface area contributed by atoms with Gasteiger partial charge in [0, 0.05) is 31.4 Å². The van der Waals surface area contributed by atoms with Crippen LogP contribution in [0.1, 0.15) is 44.7 Å². The zero-order valence-corrected chi connectivity index (χ0v) is 13.6. The van der Waals surface area contributed by atoms with Crippen molar-refractivity contribution in [2.45, 2.75) is 52.0 Å². The monoisotopic (exact) mass is 299 g/mol. The van der Waals surface area contributed by atoms with Gasteiger partial charge in [0.1, 0.15) is 11.5 Å². The van der Waals surface area contributed by atoms with Gasteiger partial charge in [-0.15, -0.1) is 0 Å². The maximum atomic E-state index is 4.99. The Morgan fingerprint density at radius 1 is 1.09 bits per heavy atom. The fourth-order valence-corrected chi connectivity index (χ4v) is 3.80. The third-order valence-corrected chi connectivity index (χ3v) is 5.05. The zero-order valence-electron chi connectivity index (χ0n) is 13.6. The molecule has 1 unspecified atom stereocenters. The normalized spacial score (nSPS) is 22.7. The number of fused-ring (bicyclic) bond motifs is 1. The molecule has 118 valence electrons. The summed E-state index contributed by atoms with van der Waals surface area (Å²) in [5.41, 5.74) is 2.15. The third-order valence-electron chi connectivity index (χ3n) is 5.05. The first-order chi connectivity index (χ1) is 10.7. The SMILES string of the molecule is Cc1cc2c(N3CCCCC3C)nc(N3CCCC3)nc2[nH]1. The van der Waals surface area contributed by atoms with Gasteiger partial charge in [-0.1, -0.05) is 0 Å². The lowest BCUT2D eigenvalue weighted by atomic mass is 10.0. The molecule has 0 saturated carbocycles. The molecule has 2 saturated heterocycles. The highest BCUT2D eigenvalue weighted by molar-refractivity contribution is 5.89. The lowest BCUT2D eigenvalue weighted by molar-refractivity contribution is 0.482. The first-order valence-corrected chi connectivity index (χ1v) is 8.61. The standard InChI is InChI=1S/C17H25N5/c1-12-11-14-15(18-12)19-17(21-8-5-6-9-21)20-16(14)22-10-4-3-7-13(22)2/h11,13H,3-10H2,1-2H3,(H,18,19,20). The van der Waals surface area contributed by atoms with Crippen molar-refractivity contribution in [2.24, 2.45) is 0 Å². The molecule has 0 aliphatic carbocycles. The highest BCUT2D eigenvalue weighted by Gasteiger charge is 2.25. The second kappa shape index (κ2) is 5.45. The molecular formula is C17H25N5. The summed E-state index contributed by atoms with van der Waals surface area (Å²) in [4.78, 5) is 18.0. The van der Waals surface area contributed by atoms with Crippen molar-refractivity contribution in [3.8, 4) is 0 Å². The van der Waals surface area contributed by atoms with Crippen LogP contribution in [0, 0.1) is 6.92 Å². The summed E-state index contributed by atoms with van der Waals surface area (Å²) >= 11 is 0. The largest absolute Gasteiger partial charge is 0.353 e. The molecule has 0 aromatic carbocycles. The Kier molecular flexibility index (Phi) is 3.43. The molecule has 0 amide bonds. The van der Waals surface area contributed by atoms with Gasteiger partial charge in [-0.05, 0) is 52.0 Å². The Balaban J connectivity index is 1.83. The summed E-state index contributed by atoms with van der Waals surface area (Å²) in [7, 11) is 0. The number of hydrogen-bond donors (Lipinski definition) is 1. The van der Waals surface area contributed by atoms with E-state index in [0.717, 1.165) is 42.7 Å².